The van der Waals surface area contributed by atoms with Gasteiger partial charge in [0.25, 0.3) is 0 Å². The molecular formula is C12H20. The third-order valence-electron chi connectivity index (χ3n) is 5.58. The Morgan fingerprint density at radius 1 is 0.917 bits per heavy atom. The Labute approximate surface area is 75.7 Å². The van der Waals surface area contributed by atoms with Gasteiger partial charge in [-0.2, -0.15) is 0 Å². The van der Waals surface area contributed by atoms with Gasteiger partial charge in [0.05, 0.1) is 0 Å². The molecule has 0 amide bonds. The van der Waals surface area contributed by atoms with Crippen molar-refractivity contribution in [3.63, 3.8) is 0 Å². The number of hydrogen-bond acceptors (Lipinski definition) is 0. The summed E-state index contributed by atoms with van der Waals surface area (Å²) in [6.07, 6.45) is 1.55. The van der Waals surface area contributed by atoms with Gasteiger partial charge in [-0.1, -0.05) is 27.7 Å². The van der Waals surface area contributed by atoms with Crippen molar-refractivity contribution >= 4 is 0 Å². The molecule has 3 saturated carbocycles. The molecule has 3 rings (SSSR count). The summed E-state index contributed by atoms with van der Waals surface area (Å²) in [6, 6.07) is 0. The molecule has 3 aliphatic carbocycles. The lowest BCUT2D eigenvalue weighted by atomic mass is 9.66. The highest BCUT2D eigenvalue weighted by Crippen LogP contribution is 2.78. The van der Waals surface area contributed by atoms with Gasteiger partial charge in [-0.05, 0) is 47.3 Å². The molecule has 6 unspecified atom stereocenters. The molecular weight excluding hydrogens is 144 g/mol. The van der Waals surface area contributed by atoms with Gasteiger partial charge in [0.15, 0.2) is 0 Å². The lowest BCUT2D eigenvalue weighted by molar-refractivity contribution is 0.0933. The minimum Gasteiger partial charge on any atom is -0.0619 e. The predicted molar refractivity (Wildman–Crippen MR) is 50.7 cm³/mol. The van der Waals surface area contributed by atoms with Crippen molar-refractivity contribution in [3.05, 3.63) is 0 Å². The molecule has 0 spiro atoms. The Morgan fingerprint density at radius 3 is 1.75 bits per heavy atom. The summed E-state index contributed by atoms with van der Waals surface area (Å²) >= 11 is 0. The predicted octanol–water partition coefficient (Wildman–Crippen LogP) is 3.18. The van der Waals surface area contributed by atoms with Crippen molar-refractivity contribution in [1.29, 1.82) is 0 Å². The van der Waals surface area contributed by atoms with Crippen molar-refractivity contribution in [2.75, 3.05) is 0 Å². The first-order chi connectivity index (χ1) is 5.57. The monoisotopic (exact) mass is 164 g/mol. The molecule has 0 aromatic rings. The van der Waals surface area contributed by atoms with Crippen LogP contribution in [0.3, 0.4) is 0 Å². The molecule has 0 radical (unpaired) electrons. The standard InChI is InChI=1S/C12H20/c1-6-7(2)10(6)12(4)5-9-8(3)11(9)12/h6-11H,5H2,1-4H3. The molecule has 12 heavy (non-hydrogen) atoms. The van der Waals surface area contributed by atoms with Gasteiger partial charge in [-0.25, -0.2) is 0 Å². The smallest absolute Gasteiger partial charge is 0.0256 e. The lowest BCUT2D eigenvalue weighted by Crippen LogP contribution is -2.32. The number of hydrogen-bond donors (Lipinski definition) is 0. The summed E-state index contributed by atoms with van der Waals surface area (Å²) in [5.74, 6) is 6.51. The van der Waals surface area contributed by atoms with E-state index in [1.807, 2.05) is 0 Å². The SMILES string of the molecule is CC1C(C)C1C1(C)CC2C(C)C21. The van der Waals surface area contributed by atoms with Crippen LogP contribution in [-0.2, 0) is 0 Å². The van der Waals surface area contributed by atoms with Crippen molar-refractivity contribution in [2.45, 2.75) is 34.1 Å². The van der Waals surface area contributed by atoms with E-state index in [0.29, 0.717) is 0 Å². The Balaban J connectivity index is 1.78. The molecule has 0 aliphatic heterocycles. The molecule has 68 valence electrons. The van der Waals surface area contributed by atoms with Crippen LogP contribution in [-0.4, -0.2) is 0 Å². The second-order valence-corrected chi connectivity index (χ2v) is 6.00. The maximum absolute atomic E-state index is 2.56. The summed E-state index contributed by atoms with van der Waals surface area (Å²) in [5.41, 5.74) is 0.781. The summed E-state index contributed by atoms with van der Waals surface area (Å²) in [6.45, 7) is 9.91. The van der Waals surface area contributed by atoms with Crippen molar-refractivity contribution in [3.8, 4) is 0 Å². The van der Waals surface area contributed by atoms with E-state index in [-0.39, 0.29) is 0 Å². The highest BCUT2D eigenvalue weighted by molar-refractivity contribution is 5.20. The van der Waals surface area contributed by atoms with E-state index in [9.17, 15) is 0 Å². The van der Waals surface area contributed by atoms with Crippen LogP contribution < -0.4 is 0 Å². The molecule has 0 aromatic heterocycles. The quantitative estimate of drug-likeness (QED) is 0.558. The van der Waals surface area contributed by atoms with E-state index in [1.54, 1.807) is 6.42 Å². The van der Waals surface area contributed by atoms with Crippen LogP contribution in [0, 0.1) is 40.9 Å². The largest absolute Gasteiger partial charge is 0.0619 e. The first kappa shape index (κ1) is 7.41. The Kier molecular flexibility index (Phi) is 1.09. The summed E-state index contributed by atoms with van der Waals surface area (Å²) in [7, 11) is 0. The van der Waals surface area contributed by atoms with Gasteiger partial charge >= 0.3 is 0 Å². The molecule has 6 atom stereocenters. The fourth-order valence-electron chi connectivity index (χ4n) is 4.65. The van der Waals surface area contributed by atoms with Gasteiger partial charge < -0.3 is 0 Å². The van der Waals surface area contributed by atoms with Gasteiger partial charge in [-0.15, -0.1) is 0 Å². The van der Waals surface area contributed by atoms with Crippen molar-refractivity contribution in [1.82, 2.24) is 0 Å². The molecule has 0 heteroatoms. The zero-order chi connectivity index (χ0) is 8.67. The minimum atomic E-state index is 0.781. The second kappa shape index (κ2) is 1.76. The molecule has 0 bridgehead atoms. The average Bonchev–Trinajstić information content (AvgIpc) is 2.72. The van der Waals surface area contributed by atoms with Crippen LogP contribution in [0.1, 0.15) is 34.1 Å². The van der Waals surface area contributed by atoms with Gasteiger partial charge in [0.2, 0.25) is 0 Å². The second-order valence-electron chi connectivity index (χ2n) is 6.00. The third kappa shape index (κ3) is 0.592. The third-order valence-corrected chi connectivity index (χ3v) is 5.58. The Bertz CT molecular complexity index is 220. The van der Waals surface area contributed by atoms with Crippen LogP contribution in [0.5, 0.6) is 0 Å². The van der Waals surface area contributed by atoms with Gasteiger partial charge in [-0.3, -0.25) is 0 Å². The fraction of sp³-hybridized carbons (Fsp3) is 1.00. The molecule has 3 fully saturated rings. The van der Waals surface area contributed by atoms with E-state index >= 15 is 0 Å². The summed E-state index contributed by atoms with van der Waals surface area (Å²) in [4.78, 5) is 0. The topological polar surface area (TPSA) is 0 Å². The summed E-state index contributed by atoms with van der Waals surface area (Å²) < 4.78 is 0. The highest BCUT2D eigenvalue weighted by atomic mass is 14.8. The normalized spacial score (nSPS) is 73.0. The average molecular weight is 164 g/mol. The van der Waals surface area contributed by atoms with Crippen molar-refractivity contribution < 1.29 is 0 Å². The van der Waals surface area contributed by atoms with E-state index in [4.69, 9.17) is 0 Å². The first-order valence-corrected chi connectivity index (χ1v) is 5.57. The number of fused-ring (bicyclic) bond motifs is 1. The Hall–Kier alpha value is 0. The molecule has 0 aromatic carbocycles. The lowest BCUT2D eigenvalue weighted by Gasteiger charge is -2.39. The maximum atomic E-state index is 2.56. The summed E-state index contributed by atoms with van der Waals surface area (Å²) in [5, 5.41) is 0. The van der Waals surface area contributed by atoms with E-state index in [2.05, 4.69) is 27.7 Å². The van der Waals surface area contributed by atoms with Crippen molar-refractivity contribution in [2.24, 2.45) is 40.9 Å². The van der Waals surface area contributed by atoms with Crippen LogP contribution >= 0.6 is 0 Å². The van der Waals surface area contributed by atoms with Crippen LogP contribution in [0.2, 0.25) is 0 Å². The van der Waals surface area contributed by atoms with Crippen LogP contribution in [0.15, 0.2) is 0 Å². The van der Waals surface area contributed by atoms with E-state index in [0.717, 1.165) is 40.9 Å². The van der Waals surface area contributed by atoms with Crippen LogP contribution in [0.4, 0.5) is 0 Å². The molecule has 0 nitrogen and oxygen atoms in total. The Morgan fingerprint density at radius 2 is 1.50 bits per heavy atom. The molecule has 0 N–H and O–H groups in total. The van der Waals surface area contributed by atoms with Gasteiger partial charge in [0.1, 0.15) is 0 Å². The zero-order valence-electron chi connectivity index (χ0n) is 8.67. The molecule has 0 heterocycles. The molecule has 0 saturated heterocycles. The first-order valence-electron chi connectivity index (χ1n) is 5.57. The van der Waals surface area contributed by atoms with E-state index in [1.165, 1.54) is 0 Å². The fourth-order valence-corrected chi connectivity index (χ4v) is 4.65. The van der Waals surface area contributed by atoms with Gasteiger partial charge in [0, 0.05) is 0 Å². The molecule has 3 aliphatic rings. The minimum absolute atomic E-state index is 0.781. The van der Waals surface area contributed by atoms with E-state index < -0.39 is 0 Å². The maximum Gasteiger partial charge on any atom is -0.0256 e. The number of rotatable bonds is 1. The van der Waals surface area contributed by atoms with Crippen LogP contribution in [0.25, 0.3) is 0 Å². The zero-order valence-corrected chi connectivity index (χ0v) is 8.67. The highest BCUT2D eigenvalue weighted by Gasteiger charge is 2.73.